The zero-order chi connectivity index (χ0) is 14.1. The number of carbonyl (C=O) groups is 2. The molecule has 1 unspecified atom stereocenters. The minimum atomic E-state index is -0.363. The van der Waals surface area contributed by atoms with E-state index in [0.29, 0.717) is 5.56 Å². The Bertz CT molecular complexity index is 663. The smallest absolute Gasteiger partial charge is 0.252 e. The molecule has 1 atom stereocenters. The van der Waals surface area contributed by atoms with Crippen molar-refractivity contribution in [1.82, 2.24) is 15.3 Å². The molecular formula is C14H14N4O2. The zero-order valence-electron chi connectivity index (χ0n) is 10.9. The molecule has 1 aliphatic rings. The first kappa shape index (κ1) is 12.4. The largest absolute Gasteiger partial charge is 0.331 e. The Morgan fingerprint density at radius 3 is 2.65 bits per heavy atom. The second kappa shape index (κ2) is 4.82. The lowest BCUT2D eigenvalue weighted by Gasteiger charge is -2.13. The monoisotopic (exact) mass is 270 g/mol. The summed E-state index contributed by atoms with van der Waals surface area (Å²) in [6, 6.07) is 8.98. The van der Waals surface area contributed by atoms with Crippen LogP contribution in [0.5, 0.6) is 0 Å². The molecule has 6 heteroatoms. The van der Waals surface area contributed by atoms with Crippen LogP contribution >= 0.6 is 0 Å². The van der Waals surface area contributed by atoms with Crippen molar-refractivity contribution in [2.45, 2.75) is 13.1 Å². The van der Waals surface area contributed by atoms with Crippen LogP contribution in [0.3, 0.4) is 0 Å². The van der Waals surface area contributed by atoms with Gasteiger partial charge in [0.2, 0.25) is 5.91 Å². The van der Waals surface area contributed by atoms with Gasteiger partial charge in [-0.25, -0.2) is 5.43 Å². The second-order valence-electron chi connectivity index (χ2n) is 4.60. The third kappa shape index (κ3) is 2.17. The van der Waals surface area contributed by atoms with Crippen molar-refractivity contribution < 1.29 is 9.59 Å². The minimum Gasteiger partial charge on any atom is -0.331 e. The van der Waals surface area contributed by atoms with Crippen LogP contribution in [0.2, 0.25) is 0 Å². The molecule has 0 bridgehead atoms. The Labute approximate surface area is 115 Å². The highest BCUT2D eigenvalue weighted by atomic mass is 16.2. The maximum Gasteiger partial charge on any atom is 0.252 e. The van der Waals surface area contributed by atoms with Crippen molar-refractivity contribution in [3.8, 4) is 0 Å². The summed E-state index contributed by atoms with van der Waals surface area (Å²) in [5.41, 5.74) is 8.13. The van der Waals surface area contributed by atoms with Gasteiger partial charge in [-0.2, -0.15) is 0 Å². The van der Waals surface area contributed by atoms with Crippen molar-refractivity contribution in [3.05, 3.63) is 53.9 Å². The summed E-state index contributed by atoms with van der Waals surface area (Å²) in [5, 5.41) is 2.87. The lowest BCUT2D eigenvalue weighted by Crippen LogP contribution is -2.36. The quantitative estimate of drug-likeness (QED) is 0.773. The van der Waals surface area contributed by atoms with Gasteiger partial charge in [-0.15, -0.1) is 0 Å². The van der Waals surface area contributed by atoms with Gasteiger partial charge >= 0.3 is 0 Å². The molecule has 0 spiro atoms. The third-order valence-electron chi connectivity index (χ3n) is 3.19. The van der Waals surface area contributed by atoms with E-state index in [1.54, 1.807) is 24.5 Å². The number of rotatable bonds is 2. The molecule has 102 valence electrons. The van der Waals surface area contributed by atoms with Crippen molar-refractivity contribution >= 4 is 17.5 Å². The summed E-state index contributed by atoms with van der Waals surface area (Å²) in [6.45, 7) is 1.49. The Morgan fingerprint density at radius 1 is 1.20 bits per heavy atom. The summed E-state index contributed by atoms with van der Waals surface area (Å²) in [6.07, 6.45) is 3.04. The van der Waals surface area contributed by atoms with Gasteiger partial charge < -0.3 is 10.7 Å². The average Bonchev–Trinajstić information content (AvgIpc) is 3.02. The Morgan fingerprint density at radius 2 is 1.95 bits per heavy atom. The number of fused-ring (bicyclic) bond motifs is 1. The van der Waals surface area contributed by atoms with E-state index >= 15 is 0 Å². The maximum atomic E-state index is 12.1. The van der Waals surface area contributed by atoms with E-state index in [1.807, 2.05) is 18.2 Å². The summed E-state index contributed by atoms with van der Waals surface area (Å²) in [7, 11) is 0. The highest BCUT2D eigenvalue weighted by Gasteiger charge is 2.26. The van der Waals surface area contributed by atoms with Gasteiger partial charge in [0.1, 0.15) is 6.17 Å². The van der Waals surface area contributed by atoms with Gasteiger partial charge in [-0.3, -0.25) is 14.2 Å². The molecule has 1 aliphatic heterocycles. The van der Waals surface area contributed by atoms with Crippen molar-refractivity contribution in [1.29, 1.82) is 0 Å². The highest BCUT2D eigenvalue weighted by molar-refractivity contribution is 5.94. The molecule has 2 heterocycles. The molecule has 1 amide bonds. The number of amides is 1. The van der Waals surface area contributed by atoms with E-state index in [-0.39, 0.29) is 18.0 Å². The molecule has 2 aromatic rings. The first-order valence-electron chi connectivity index (χ1n) is 6.25. The Balaban J connectivity index is 1.78. The van der Waals surface area contributed by atoms with E-state index in [4.69, 9.17) is 0 Å². The number of nitrogens with zero attached hydrogens (tertiary/aromatic N) is 1. The fourth-order valence-electron chi connectivity index (χ4n) is 2.13. The normalized spacial score (nSPS) is 16.4. The first-order chi connectivity index (χ1) is 9.65. The molecule has 0 aliphatic carbocycles. The minimum absolute atomic E-state index is 0.0747. The number of carbonyl (C=O) groups excluding carboxylic acids is 2. The fraction of sp³-hybridized carbons (Fsp3) is 0.143. The molecule has 0 fully saturated rings. The summed E-state index contributed by atoms with van der Waals surface area (Å²) >= 11 is 0. The van der Waals surface area contributed by atoms with Gasteiger partial charge in [0, 0.05) is 30.4 Å². The molecule has 3 N–H and O–H groups in total. The zero-order valence-corrected chi connectivity index (χ0v) is 10.9. The molecule has 0 saturated carbocycles. The van der Waals surface area contributed by atoms with Crippen molar-refractivity contribution in [2.24, 2.45) is 0 Å². The predicted octanol–water partition coefficient (Wildman–Crippen LogP) is 1.51. The Hall–Kier alpha value is -2.60. The van der Waals surface area contributed by atoms with Gasteiger partial charge in [0.05, 0.1) is 5.69 Å². The Kier molecular flexibility index (Phi) is 3.00. The predicted molar refractivity (Wildman–Crippen MR) is 74.1 cm³/mol. The van der Waals surface area contributed by atoms with Gasteiger partial charge in [0.25, 0.3) is 5.91 Å². The van der Waals surface area contributed by atoms with Gasteiger partial charge in [-0.1, -0.05) is 18.2 Å². The number of nitrogens with one attached hydrogen (secondary N) is 3. The number of anilines is 1. The van der Waals surface area contributed by atoms with E-state index in [9.17, 15) is 9.59 Å². The number of hydrazine groups is 1. The van der Waals surface area contributed by atoms with Gasteiger partial charge in [0.15, 0.2) is 0 Å². The molecule has 3 rings (SSSR count). The van der Waals surface area contributed by atoms with Crippen LogP contribution in [0.4, 0.5) is 5.69 Å². The highest BCUT2D eigenvalue weighted by Crippen LogP contribution is 2.27. The number of benzene rings is 1. The molecule has 1 aromatic heterocycles. The first-order valence-corrected chi connectivity index (χ1v) is 6.25. The maximum absolute atomic E-state index is 12.1. The van der Waals surface area contributed by atoms with Crippen LogP contribution in [0.25, 0.3) is 0 Å². The SMILES string of the molecule is CC(=O)n1cc2c(c1)C(NC(=O)c1ccccc1)NN2. The summed E-state index contributed by atoms with van der Waals surface area (Å²) in [5.74, 6) is -0.248. The molecule has 6 nitrogen and oxygen atoms in total. The molecular weight excluding hydrogens is 256 g/mol. The number of hydrogen-bond donors (Lipinski definition) is 3. The van der Waals surface area contributed by atoms with Crippen LogP contribution in [-0.2, 0) is 0 Å². The van der Waals surface area contributed by atoms with Crippen LogP contribution < -0.4 is 16.2 Å². The lowest BCUT2D eigenvalue weighted by atomic mass is 10.2. The second-order valence-corrected chi connectivity index (χ2v) is 4.60. The average molecular weight is 270 g/mol. The van der Waals surface area contributed by atoms with Gasteiger partial charge in [-0.05, 0) is 12.1 Å². The molecule has 0 radical (unpaired) electrons. The fourth-order valence-corrected chi connectivity index (χ4v) is 2.13. The van der Waals surface area contributed by atoms with Crippen LogP contribution in [0.1, 0.15) is 33.8 Å². The molecule has 20 heavy (non-hydrogen) atoms. The van der Waals surface area contributed by atoms with Crippen LogP contribution in [0, 0.1) is 0 Å². The number of hydrogen-bond acceptors (Lipinski definition) is 4. The van der Waals surface area contributed by atoms with Crippen LogP contribution in [0.15, 0.2) is 42.7 Å². The van der Waals surface area contributed by atoms with Crippen LogP contribution in [-0.4, -0.2) is 16.4 Å². The third-order valence-corrected chi connectivity index (χ3v) is 3.19. The lowest BCUT2D eigenvalue weighted by molar-refractivity contribution is 0.0930. The molecule has 0 saturated heterocycles. The van der Waals surface area contributed by atoms with E-state index < -0.39 is 0 Å². The summed E-state index contributed by atoms with van der Waals surface area (Å²) < 4.78 is 1.49. The van der Waals surface area contributed by atoms with Crippen molar-refractivity contribution in [3.63, 3.8) is 0 Å². The summed E-state index contributed by atoms with van der Waals surface area (Å²) in [4.78, 5) is 23.4. The van der Waals surface area contributed by atoms with Crippen molar-refractivity contribution in [2.75, 3.05) is 5.43 Å². The van der Waals surface area contributed by atoms with E-state index in [0.717, 1.165) is 11.3 Å². The number of aromatic nitrogens is 1. The van der Waals surface area contributed by atoms with E-state index in [2.05, 4.69) is 16.2 Å². The molecule has 1 aromatic carbocycles. The van der Waals surface area contributed by atoms with E-state index in [1.165, 1.54) is 11.5 Å². The standard InChI is InChI=1S/C14H14N4O2/c1-9(19)18-7-11-12(8-18)16-17-13(11)15-14(20)10-5-3-2-4-6-10/h2-8,13,16-17H,1H3,(H,15,20). The topological polar surface area (TPSA) is 75.2 Å².